The van der Waals surface area contributed by atoms with Crippen molar-refractivity contribution in [3.05, 3.63) is 86.9 Å². The molecule has 0 aliphatic carbocycles. The average Bonchev–Trinajstić information content (AvgIpc) is 2.65. The molecule has 1 amide bonds. The Kier molecular flexibility index (Phi) is 5.16. The summed E-state index contributed by atoms with van der Waals surface area (Å²) in [6, 6.07) is 11.6. The molecular weight excluding hydrogens is 353 g/mol. The Hall–Kier alpha value is -3.68. The summed E-state index contributed by atoms with van der Waals surface area (Å²) in [7, 11) is 0. The first-order valence-electron chi connectivity index (χ1n) is 8.15. The second-order valence-electron chi connectivity index (χ2n) is 5.51. The van der Waals surface area contributed by atoms with Crippen molar-refractivity contribution >= 4 is 11.6 Å². The van der Waals surface area contributed by atoms with Crippen LogP contribution in [0.3, 0.4) is 0 Å². The van der Waals surface area contributed by atoms with Gasteiger partial charge in [0.05, 0.1) is 18.0 Å². The van der Waals surface area contributed by atoms with E-state index in [2.05, 4.69) is 10.3 Å². The first kappa shape index (κ1) is 18.1. The van der Waals surface area contributed by atoms with Gasteiger partial charge in [-0.1, -0.05) is 12.1 Å². The number of para-hydroxylation sites is 2. The smallest absolute Gasteiger partial charge is 0.333 e. The van der Waals surface area contributed by atoms with E-state index in [-0.39, 0.29) is 11.3 Å². The number of hydrogen-bond acceptors (Lipinski definition) is 4. The van der Waals surface area contributed by atoms with Crippen LogP contribution in [-0.2, 0) is 0 Å². The minimum absolute atomic E-state index is 0.145. The Morgan fingerprint density at radius 2 is 1.85 bits per heavy atom. The van der Waals surface area contributed by atoms with Crippen LogP contribution in [0.25, 0.3) is 5.69 Å². The van der Waals surface area contributed by atoms with Crippen LogP contribution in [0.2, 0.25) is 0 Å². The van der Waals surface area contributed by atoms with Gasteiger partial charge in [0, 0.05) is 6.20 Å². The number of aromatic amines is 1. The molecule has 2 N–H and O–H groups in total. The molecule has 1 heterocycles. The zero-order chi connectivity index (χ0) is 19.4. The quantitative estimate of drug-likeness (QED) is 0.722. The number of aromatic nitrogens is 2. The van der Waals surface area contributed by atoms with Crippen molar-refractivity contribution in [2.24, 2.45) is 0 Å². The number of carbonyl (C=O) groups is 1. The van der Waals surface area contributed by atoms with Crippen LogP contribution in [0.4, 0.5) is 10.1 Å². The molecule has 7 nitrogen and oxygen atoms in total. The summed E-state index contributed by atoms with van der Waals surface area (Å²) in [5, 5.41) is 2.60. The standard InChI is InChI=1S/C19H16FN3O4/c1-2-27-16-6-4-3-5-15(16)22-17(24)14-11-21-19(26)23(18(14)25)13-9-7-12(20)8-10-13/h3-11H,2H2,1H3,(H,21,26)(H,22,24). The van der Waals surface area contributed by atoms with Crippen molar-refractivity contribution in [3.8, 4) is 11.4 Å². The lowest BCUT2D eigenvalue weighted by Crippen LogP contribution is -2.38. The number of anilines is 1. The molecule has 0 spiro atoms. The van der Waals surface area contributed by atoms with Crippen molar-refractivity contribution in [2.45, 2.75) is 6.92 Å². The van der Waals surface area contributed by atoms with Gasteiger partial charge in [-0.25, -0.2) is 13.8 Å². The summed E-state index contributed by atoms with van der Waals surface area (Å²) in [6.45, 7) is 2.21. The van der Waals surface area contributed by atoms with Crippen LogP contribution >= 0.6 is 0 Å². The molecule has 0 unspecified atom stereocenters. The molecule has 1 aromatic heterocycles. The van der Waals surface area contributed by atoms with E-state index in [0.717, 1.165) is 22.9 Å². The number of H-pyrrole nitrogens is 1. The Balaban J connectivity index is 2.00. The molecule has 8 heteroatoms. The highest BCUT2D eigenvalue weighted by atomic mass is 19.1. The first-order chi connectivity index (χ1) is 13.0. The molecular formula is C19H16FN3O4. The van der Waals surface area contributed by atoms with Crippen LogP contribution < -0.4 is 21.3 Å². The Morgan fingerprint density at radius 3 is 2.56 bits per heavy atom. The van der Waals surface area contributed by atoms with E-state index in [0.29, 0.717) is 18.0 Å². The van der Waals surface area contributed by atoms with E-state index in [1.54, 1.807) is 24.3 Å². The van der Waals surface area contributed by atoms with Crippen LogP contribution in [0.15, 0.2) is 64.3 Å². The maximum absolute atomic E-state index is 13.1. The number of carbonyl (C=O) groups excluding carboxylic acids is 1. The Bertz CT molecular complexity index is 1090. The van der Waals surface area contributed by atoms with Crippen molar-refractivity contribution in [2.75, 3.05) is 11.9 Å². The van der Waals surface area contributed by atoms with Gasteiger partial charge in [-0.2, -0.15) is 0 Å². The average molecular weight is 369 g/mol. The number of rotatable bonds is 5. The lowest BCUT2D eigenvalue weighted by molar-refractivity contribution is 0.102. The molecule has 0 aliphatic rings. The van der Waals surface area contributed by atoms with Gasteiger partial charge in [0.2, 0.25) is 0 Å². The number of nitrogens with one attached hydrogen (secondary N) is 2. The van der Waals surface area contributed by atoms with E-state index < -0.39 is 23.0 Å². The third kappa shape index (κ3) is 3.79. The zero-order valence-electron chi connectivity index (χ0n) is 14.4. The van der Waals surface area contributed by atoms with E-state index in [4.69, 9.17) is 4.74 Å². The first-order valence-corrected chi connectivity index (χ1v) is 8.15. The highest BCUT2D eigenvalue weighted by Gasteiger charge is 2.17. The number of ether oxygens (including phenoxy) is 1. The number of benzene rings is 2. The van der Waals surface area contributed by atoms with Gasteiger partial charge in [-0.15, -0.1) is 0 Å². The fourth-order valence-electron chi connectivity index (χ4n) is 2.50. The molecule has 138 valence electrons. The SMILES string of the molecule is CCOc1ccccc1NC(=O)c1c[nH]c(=O)n(-c2ccc(F)cc2)c1=O. The topological polar surface area (TPSA) is 93.2 Å². The van der Waals surface area contributed by atoms with Gasteiger partial charge in [-0.05, 0) is 43.3 Å². The van der Waals surface area contributed by atoms with Gasteiger partial charge in [0.15, 0.2) is 0 Å². The zero-order valence-corrected chi connectivity index (χ0v) is 14.4. The summed E-state index contributed by atoms with van der Waals surface area (Å²) < 4.78 is 19.3. The molecule has 0 aliphatic heterocycles. The Labute approximate surface area is 153 Å². The molecule has 0 radical (unpaired) electrons. The molecule has 3 aromatic rings. The van der Waals surface area contributed by atoms with Crippen molar-refractivity contribution in [1.29, 1.82) is 0 Å². The van der Waals surface area contributed by atoms with Crippen molar-refractivity contribution in [3.63, 3.8) is 0 Å². The summed E-state index contributed by atoms with van der Waals surface area (Å²) in [6.07, 6.45) is 1.04. The van der Waals surface area contributed by atoms with Crippen LogP contribution in [0, 0.1) is 5.82 Å². The van der Waals surface area contributed by atoms with Crippen molar-refractivity contribution < 1.29 is 13.9 Å². The minimum atomic E-state index is -0.822. The molecule has 2 aromatic carbocycles. The number of halogens is 1. The fraction of sp³-hybridized carbons (Fsp3) is 0.105. The largest absolute Gasteiger partial charge is 0.492 e. The van der Waals surface area contributed by atoms with Crippen LogP contribution in [-0.4, -0.2) is 22.1 Å². The maximum atomic E-state index is 13.1. The highest BCUT2D eigenvalue weighted by molar-refractivity contribution is 6.04. The lowest BCUT2D eigenvalue weighted by Gasteiger charge is -2.11. The molecule has 27 heavy (non-hydrogen) atoms. The minimum Gasteiger partial charge on any atom is -0.492 e. The van der Waals surface area contributed by atoms with E-state index in [1.165, 1.54) is 12.1 Å². The number of amides is 1. The van der Waals surface area contributed by atoms with Gasteiger partial charge < -0.3 is 15.0 Å². The summed E-state index contributed by atoms with van der Waals surface area (Å²) >= 11 is 0. The number of hydrogen-bond donors (Lipinski definition) is 2. The van der Waals surface area contributed by atoms with E-state index >= 15 is 0 Å². The van der Waals surface area contributed by atoms with E-state index in [9.17, 15) is 18.8 Å². The molecule has 0 fully saturated rings. The summed E-state index contributed by atoms with van der Waals surface area (Å²) in [5.41, 5.74) is -1.30. The second-order valence-corrected chi connectivity index (χ2v) is 5.51. The lowest BCUT2D eigenvalue weighted by atomic mass is 10.2. The maximum Gasteiger partial charge on any atom is 0.333 e. The predicted octanol–water partition coefficient (Wildman–Crippen LogP) is 2.32. The van der Waals surface area contributed by atoms with Gasteiger partial charge in [-0.3, -0.25) is 9.59 Å². The molecule has 0 bridgehead atoms. The Morgan fingerprint density at radius 1 is 1.15 bits per heavy atom. The summed E-state index contributed by atoms with van der Waals surface area (Å²) in [5.74, 6) is -0.763. The molecule has 0 saturated carbocycles. The second kappa shape index (κ2) is 7.69. The van der Waals surface area contributed by atoms with Gasteiger partial charge >= 0.3 is 5.69 Å². The van der Waals surface area contributed by atoms with Crippen LogP contribution in [0.1, 0.15) is 17.3 Å². The van der Waals surface area contributed by atoms with Gasteiger partial charge in [0.1, 0.15) is 17.1 Å². The van der Waals surface area contributed by atoms with Crippen molar-refractivity contribution in [1.82, 2.24) is 9.55 Å². The molecule has 0 atom stereocenters. The molecule has 0 saturated heterocycles. The normalized spacial score (nSPS) is 10.4. The van der Waals surface area contributed by atoms with Crippen LogP contribution in [0.5, 0.6) is 5.75 Å². The molecule has 3 rings (SSSR count). The van der Waals surface area contributed by atoms with E-state index in [1.807, 2.05) is 6.92 Å². The monoisotopic (exact) mass is 369 g/mol. The highest BCUT2D eigenvalue weighted by Crippen LogP contribution is 2.23. The summed E-state index contributed by atoms with van der Waals surface area (Å²) in [4.78, 5) is 39.7. The third-order valence-corrected chi connectivity index (χ3v) is 3.74. The van der Waals surface area contributed by atoms with Gasteiger partial charge in [0.25, 0.3) is 11.5 Å². The predicted molar refractivity (Wildman–Crippen MR) is 98.2 cm³/mol. The fourth-order valence-corrected chi connectivity index (χ4v) is 2.50. The third-order valence-electron chi connectivity index (χ3n) is 3.74. The number of nitrogens with zero attached hydrogens (tertiary/aromatic N) is 1.